The molecule has 0 aliphatic carbocycles. The van der Waals surface area contributed by atoms with Crippen LogP contribution in [0.25, 0.3) is 0 Å². The molecule has 0 aromatic carbocycles. The van der Waals surface area contributed by atoms with Crippen LogP contribution >= 0.6 is 11.6 Å². The van der Waals surface area contributed by atoms with Crippen LogP contribution in [-0.2, 0) is 9.53 Å². The van der Waals surface area contributed by atoms with Crippen molar-refractivity contribution in [3.05, 3.63) is 17.5 Å². The highest BCUT2D eigenvalue weighted by molar-refractivity contribution is 6.32. The number of anilines is 1. The predicted molar refractivity (Wildman–Crippen MR) is 65.9 cm³/mol. The van der Waals surface area contributed by atoms with Crippen LogP contribution in [0.15, 0.2) is 12.5 Å². The molecule has 0 saturated carbocycles. The first-order chi connectivity index (χ1) is 8.06. The van der Waals surface area contributed by atoms with Gasteiger partial charge in [0.1, 0.15) is 17.2 Å². The summed E-state index contributed by atoms with van der Waals surface area (Å²) in [4.78, 5) is 19.3. The molecule has 1 N–H and O–H groups in total. The topological polar surface area (TPSA) is 64.1 Å². The number of nitrogens with one attached hydrogen (secondary N) is 1. The number of carbonyl (C=O) groups excluding carboxylic acids is 1. The molecule has 0 amide bonds. The molecule has 1 rings (SSSR count). The number of hydrogen-bond acceptors (Lipinski definition) is 5. The molecule has 17 heavy (non-hydrogen) atoms. The maximum Gasteiger partial charge on any atom is 0.310 e. The lowest BCUT2D eigenvalue weighted by Gasteiger charge is -2.20. The molecule has 1 heterocycles. The number of esters is 1. The second kappa shape index (κ2) is 6.39. The lowest BCUT2D eigenvalue weighted by molar-refractivity contribution is -0.147. The highest BCUT2D eigenvalue weighted by Gasteiger charge is 2.22. The van der Waals surface area contributed by atoms with E-state index < -0.39 is 0 Å². The summed E-state index contributed by atoms with van der Waals surface area (Å²) in [7, 11) is 0. The van der Waals surface area contributed by atoms with Gasteiger partial charge in [-0.15, -0.1) is 0 Å². The molecule has 0 fully saturated rings. The fraction of sp³-hybridized carbons (Fsp3) is 0.545. The van der Waals surface area contributed by atoms with E-state index in [-0.39, 0.29) is 17.9 Å². The Hall–Kier alpha value is -1.36. The first-order valence-electron chi connectivity index (χ1n) is 5.45. The monoisotopic (exact) mass is 257 g/mol. The third kappa shape index (κ3) is 3.85. The summed E-state index contributed by atoms with van der Waals surface area (Å²) in [6.07, 6.45) is 2.90. The summed E-state index contributed by atoms with van der Waals surface area (Å²) in [5, 5.41) is 3.49. The number of halogens is 1. The minimum atomic E-state index is -0.277. The average molecular weight is 258 g/mol. The molecule has 0 unspecified atom stereocenters. The van der Waals surface area contributed by atoms with E-state index >= 15 is 0 Å². The van der Waals surface area contributed by atoms with Crippen LogP contribution < -0.4 is 5.32 Å². The third-order valence-corrected chi connectivity index (χ3v) is 2.72. The van der Waals surface area contributed by atoms with E-state index in [9.17, 15) is 4.79 Å². The van der Waals surface area contributed by atoms with Crippen LogP contribution in [-0.4, -0.2) is 28.6 Å². The molecule has 0 aliphatic heterocycles. The summed E-state index contributed by atoms with van der Waals surface area (Å²) in [6, 6.07) is -0.124. The lowest BCUT2D eigenvalue weighted by Crippen LogP contribution is -2.31. The minimum absolute atomic E-state index is 0.124. The molecule has 6 heteroatoms. The molecule has 0 radical (unpaired) electrons. The Morgan fingerprint density at radius 2 is 2.29 bits per heavy atom. The van der Waals surface area contributed by atoms with Gasteiger partial charge in [0.15, 0.2) is 0 Å². The Labute approximate surface area is 106 Å². The van der Waals surface area contributed by atoms with Gasteiger partial charge in [-0.3, -0.25) is 4.79 Å². The van der Waals surface area contributed by atoms with Gasteiger partial charge in [-0.2, -0.15) is 0 Å². The van der Waals surface area contributed by atoms with Crippen LogP contribution in [0.2, 0.25) is 5.02 Å². The SMILES string of the molecule is CCOC(=O)[C@@H](C)[C@H](C)Nc1ncncc1Cl. The Morgan fingerprint density at radius 3 is 2.88 bits per heavy atom. The number of aromatic nitrogens is 2. The quantitative estimate of drug-likeness (QED) is 0.819. The van der Waals surface area contributed by atoms with E-state index in [0.29, 0.717) is 17.4 Å². The maximum atomic E-state index is 11.5. The van der Waals surface area contributed by atoms with Gasteiger partial charge in [0.25, 0.3) is 0 Å². The molecule has 1 aromatic heterocycles. The summed E-state index contributed by atoms with van der Waals surface area (Å²) >= 11 is 5.91. The standard InChI is InChI=1S/C11H16ClN3O2/c1-4-17-11(16)7(2)8(3)15-10-9(12)5-13-6-14-10/h5-8H,4H2,1-3H3,(H,13,14,15)/t7-,8-/m0/s1. The van der Waals surface area contributed by atoms with Gasteiger partial charge in [-0.05, 0) is 20.8 Å². The summed E-state index contributed by atoms with van der Waals surface area (Å²) in [6.45, 7) is 5.83. The van der Waals surface area contributed by atoms with Crippen molar-refractivity contribution >= 4 is 23.4 Å². The Morgan fingerprint density at radius 1 is 1.59 bits per heavy atom. The maximum absolute atomic E-state index is 11.5. The Kier molecular flexibility index (Phi) is 5.15. The summed E-state index contributed by atoms with van der Waals surface area (Å²) < 4.78 is 4.95. The van der Waals surface area contributed by atoms with Crippen LogP contribution in [0.1, 0.15) is 20.8 Å². The molecule has 94 valence electrons. The van der Waals surface area contributed by atoms with Gasteiger partial charge in [0, 0.05) is 6.04 Å². The first-order valence-corrected chi connectivity index (χ1v) is 5.82. The van der Waals surface area contributed by atoms with Crippen molar-refractivity contribution in [1.82, 2.24) is 9.97 Å². The molecule has 0 bridgehead atoms. The largest absolute Gasteiger partial charge is 0.466 e. The van der Waals surface area contributed by atoms with E-state index in [1.54, 1.807) is 13.8 Å². The molecule has 0 saturated heterocycles. The van der Waals surface area contributed by atoms with E-state index in [4.69, 9.17) is 16.3 Å². The lowest BCUT2D eigenvalue weighted by atomic mass is 10.0. The fourth-order valence-corrected chi connectivity index (χ4v) is 1.40. The number of nitrogens with zero attached hydrogens (tertiary/aromatic N) is 2. The number of rotatable bonds is 5. The van der Waals surface area contributed by atoms with Gasteiger partial charge in [0.05, 0.1) is 18.7 Å². The van der Waals surface area contributed by atoms with Crippen molar-refractivity contribution in [3.8, 4) is 0 Å². The second-order valence-electron chi connectivity index (χ2n) is 3.69. The predicted octanol–water partition coefficient (Wildman–Crippen LogP) is 2.13. The zero-order valence-electron chi connectivity index (χ0n) is 10.1. The molecule has 5 nitrogen and oxygen atoms in total. The van der Waals surface area contributed by atoms with Crippen LogP contribution in [0.3, 0.4) is 0 Å². The Balaban J connectivity index is 2.63. The van der Waals surface area contributed by atoms with E-state index in [0.717, 1.165) is 0 Å². The summed E-state index contributed by atoms with van der Waals surface area (Å²) in [5.74, 6) is 0.00368. The van der Waals surface area contributed by atoms with E-state index in [1.807, 2.05) is 6.92 Å². The number of hydrogen-bond donors (Lipinski definition) is 1. The average Bonchev–Trinajstić information content (AvgIpc) is 2.31. The van der Waals surface area contributed by atoms with E-state index in [1.165, 1.54) is 12.5 Å². The highest BCUT2D eigenvalue weighted by Crippen LogP contribution is 2.19. The van der Waals surface area contributed by atoms with Crippen LogP contribution in [0.4, 0.5) is 5.82 Å². The van der Waals surface area contributed by atoms with Crippen molar-refractivity contribution < 1.29 is 9.53 Å². The van der Waals surface area contributed by atoms with Crippen molar-refractivity contribution in [2.45, 2.75) is 26.8 Å². The molecule has 1 aromatic rings. The highest BCUT2D eigenvalue weighted by atomic mass is 35.5. The smallest absolute Gasteiger partial charge is 0.310 e. The zero-order valence-corrected chi connectivity index (χ0v) is 10.9. The molecule has 0 aliphatic rings. The second-order valence-corrected chi connectivity index (χ2v) is 4.10. The van der Waals surface area contributed by atoms with Crippen molar-refractivity contribution in [3.63, 3.8) is 0 Å². The van der Waals surface area contributed by atoms with Crippen LogP contribution in [0, 0.1) is 5.92 Å². The molecular formula is C11H16ClN3O2. The van der Waals surface area contributed by atoms with Crippen LogP contribution in [0.5, 0.6) is 0 Å². The minimum Gasteiger partial charge on any atom is -0.466 e. The van der Waals surface area contributed by atoms with Crippen molar-refractivity contribution in [2.24, 2.45) is 5.92 Å². The van der Waals surface area contributed by atoms with E-state index in [2.05, 4.69) is 15.3 Å². The first kappa shape index (κ1) is 13.7. The fourth-order valence-electron chi connectivity index (χ4n) is 1.24. The normalized spacial score (nSPS) is 13.9. The van der Waals surface area contributed by atoms with Crippen molar-refractivity contribution in [2.75, 3.05) is 11.9 Å². The molecule has 2 atom stereocenters. The number of ether oxygens (including phenoxy) is 1. The zero-order chi connectivity index (χ0) is 12.8. The van der Waals surface area contributed by atoms with Gasteiger partial charge >= 0.3 is 5.97 Å². The summed E-state index contributed by atoms with van der Waals surface area (Å²) in [5.41, 5.74) is 0. The van der Waals surface area contributed by atoms with Gasteiger partial charge in [0.2, 0.25) is 0 Å². The van der Waals surface area contributed by atoms with Gasteiger partial charge in [-0.1, -0.05) is 11.6 Å². The Bertz CT molecular complexity index is 387. The van der Waals surface area contributed by atoms with Gasteiger partial charge in [-0.25, -0.2) is 9.97 Å². The van der Waals surface area contributed by atoms with Gasteiger partial charge < -0.3 is 10.1 Å². The molecular weight excluding hydrogens is 242 g/mol. The third-order valence-electron chi connectivity index (χ3n) is 2.44. The number of carbonyl (C=O) groups is 1. The van der Waals surface area contributed by atoms with Crippen molar-refractivity contribution in [1.29, 1.82) is 0 Å². The molecule has 0 spiro atoms.